The number of hydrogen-bond donors (Lipinski definition) is 0. The van der Waals surface area contributed by atoms with E-state index in [4.69, 9.17) is 5.26 Å². The summed E-state index contributed by atoms with van der Waals surface area (Å²) in [4.78, 5) is 6.17. The Hall–Kier alpha value is -2.08. The fraction of sp³-hybridized carbons (Fsp3) is 0.231. The molecule has 80 valence electrons. The lowest BCUT2D eigenvalue weighted by molar-refractivity contribution is 0.960. The summed E-state index contributed by atoms with van der Waals surface area (Å²) in [6.07, 6.45) is 5.60. The van der Waals surface area contributed by atoms with E-state index in [0.29, 0.717) is 12.2 Å². The van der Waals surface area contributed by atoms with Crippen molar-refractivity contribution < 1.29 is 0 Å². The van der Waals surface area contributed by atoms with Crippen molar-refractivity contribution in [1.82, 2.24) is 0 Å². The van der Waals surface area contributed by atoms with Crippen molar-refractivity contribution >= 4 is 11.9 Å². The predicted octanol–water partition coefficient (Wildman–Crippen LogP) is 2.54. The first kappa shape index (κ1) is 10.4. The second-order valence-electron chi connectivity index (χ2n) is 3.87. The van der Waals surface area contributed by atoms with Gasteiger partial charge in [0.15, 0.2) is 0 Å². The maximum Gasteiger partial charge on any atom is 0.114 e. The lowest BCUT2D eigenvalue weighted by atomic mass is 10.0. The lowest BCUT2D eigenvalue weighted by Gasteiger charge is -2.23. The number of nitriles is 1. The molecule has 0 atom stereocenters. The highest BCUT2D eigenvalue weighted by molar-refractivity contribution is 5.76. The first-order valence-electron chi connectivity index (χ1n) is 5.17. The van der Waals surface area contributed by atoms with Crippen LogP contribution in [0.4, 0.5) is 5.69 Å². The second-order valence-corrected chi connectivity index (χ2v) is 3.87. The normalized spacial score (nSPS) is 13.9. The van der Waals surface area contributed by atoms with Crippen LogP contribution in [-0.4, -0.2) is 12.9 Å². The summed E-state index contributed by atoms with van der Waals surface area (Å²) < 4.78 is 0. The van der Waals surface area contributed by atoms with Crippen LogP contribution in [0.15, 0.2) is 29.4 Å². The Balaban J connectivity index is 2.51. The Morgan fingerprint density at radius 1 is 1.38 bits per heavy atom. The highest BCUT2D eigenvalue weighted by atomic mass is 15.2. The van der Waals surface area contributed by atoms with Crippen molar-refractivity contribution in [3.63, 3.8) is 0 Å². The van der Waals surface area contributed by atoms with E-state index >= 15 is 0 Å². The fourth-order valence-electron chi connectivity index (χ4n) is 1.96. The van der Waals surface area contributed by atoms with Crippen LogP contribution in [0.3, 0.4) is 0 Å². The van der Waals surface area contributed by atoms with Gasteiger partial charge in [-0.1, -0.05) is 6.07 Å². The van der Waals surface area contributed by atoms with Gasteiger partial charge in [-0.2, -0.15) is 5.26 Å². The number of aliphatic imine (C=N–C) groups is 1. The zero-order chi connectivity index (χ0) is 11.5. The molecular formula is C13H13N3. The van der Waals surface area contributed by atoms with E-state index in [1.165, 1.54) is 0 Å². The van der Waals surface area contributed by atoms with Crippen LogP contribution < -0.4 is 4.90 Å². The molecule has 0 N–H and O–H groups in total. The summed E-state index contributed by atoms with van der Waals surface area (Å²) in [7, 11) is 0. The molecule has 0 radical (unpaired) electrons. The van der Waals surface area contributed by atoms with Crippen molar-refractivity contribution in [2.24, 2.45) is 4.99 Å². The van der Waals surface area contributed by atoms with Crippen molar-refractivity contribution in [3.05, 3.63) is 41.1 Å². The van der Waals surface area contributed by atoms with E-state index in [9.17, 15) is 0 Å². The van der Waals surface area contributed by atoms with Crippen molar-refractivity contribution in [1.29, 1.82) is 5.26 Å². The van der Waals surface area contributed by atoms with Crippen LogP contribution >= 0.6 is 0 Å². The van der Waals surface area contributed by atoms with Crippen molar-refractivity contribution in [2.75, 3.05) is 11.6 Å². The third-order valence-corrected chi connectivity index (χ3v) is 2.54. The molecule has 16 heavy (non-hydrogen) atoms. The minimum absolute atomic E-state index is 0.578. The van der Waals surface area contributed by atoms with E-state index in [1.807, 2.05) is 37.1 Å². The molecule has 3 nitrogen and oxygen atoms in total. The molecule has 0 bridgehead atoms. The summed E-state index contributed by atoms with van der Waals surface area (Å²) >= 11 is 0. The van der Waals surface area contributed by atoms with E-state index in [2.05, 4.69) is 17.1 Å². The van der Waals surface area contributed by atoms with Gasteiger partial charge in [0, 0.05) is 12.4 Å². The average molecular weight is 211 g/mol. The van der Waals surface area contributed by atoms with Gasteiger partial charge in [0.1, 0.15) is 12.7 Å². The van der Waals surface area contributed by atoms with Gasteiger partial charge >= 0.3 is 0 Å². The molecule has 0 aromatic heterocycles. The molecule has 1 aliphatic rings. The third-order valence-electron chi connectivity index (χ3n) is 2.54. The Bertz CT molecular complexity index is 507. The molecule has 0 unspecified atom stereocenters. The van der Waals surface area contributed by atoms with Gasteiger partial charge in [0.25, 0.3) is 0 Å². The monoisotopic (exact) mass is 211 g/mol. The first-order chi connectivity index (χ1) is 7.72. The van der Waals surface area contributed by atoms with E-state index in [-0.39, 0.29) is 0 Å². The number of hydrogen-bond acceptors (Lipinski definition) is 3. The Morgan fingerprint density at radius 3 is 2.81 bits per heavy atom. The summed E-state index contributed by atoms with van der Waals surface area (Å²) in [6.45, 7) is 4.60. The zero-order valence-corrected chi connectivity index (χ0v) is 9.44. The van der Waals surface area contributed by atoms with Crippen LogP contribution in [0.25, 0.3) is 0 Å². The standard InChI is InChI=1S/C13H13N3/c1-10-6-11(2)13(12(7-10)8-14)16-5-3-4-15-9-16/h3-7H,9H2,1-2H3. The van der Waals surface area contributed by atoms with Crippen molar-refractivity contribution in [3.8, 4) is 6.07 Å². The largest absolute Gasteiger partial charge is 0.327 e. The van der Waals surface area contributed by atoms with Crippen LogP contribution in [0.1, 0.15) is 16.7 Å². The molecule has 1 aromatic carbocycles. The van der Waals surface area contributed by atoms with Crippen LogP contribution in [0.5, 0.6) is 0 Å². The number of nitrogens with zero attached hydrogens (tertiary/aromatic N) is 3. The van der Waals surface area contributed by atoms with Crippen LogP contribution in [0.2, 0.25) is 0 Å². The van der Waals surface area contributed by atoms with Gasteiger partial charge in [-0.25, -0.2) is 0 Å². The highest BCUT2D eigenvalue weighted by Gasteiger charge is 2.13. The fourth-order valence-corrected chi connectivity index (χ4v) is 1.96. The van der Waals surface area contributed by atoms with E-state index in [1.54, 1.807) is 6.21 Å². The van der Waals surface area contributed by atoms with Crippen LogP contribution in [-0.2, 0) is 0 Å². The smallest absolute Gasteiger partial charge is 0.114 e. The van der Waals surface area contributed by atoms with Crippen molar-refractivity contribution in [2.45, 2.75) is 13.8 Å². The molecule has 0 fully saturated rings. The van der Waals surface area contributed by atoms with Gasteiger partial charge in [-0.3, -0.25) is 4.99 Å². The highest BCUT2D eigenvalue weighted by Crippen LogP contribution is 2.27. The van der Waals surface area contributed by atoms with E-state index < -0.39 is 0 Å². The summed E-state index contributed by atoms with van der Waals surface area (Å²) in [5.41, 5.74) is 3.89. The molecule has 1 heterocycles. The molecule has 0 spiro atoms. The average Bonchev–Trinajstić information content (AvgIpc) is 2.29. The second kappa shape index (κ2) is 4.19. The molecule has 1 aliphatic heterocycles. The predicted molar refractivity (Wildman–Crippen MR) is 65.6 cm³/mol. The first-order valence-corrected chi connectivity index (χ1v) is 5.17. The number of aryl methyl sites for hydroxylation is 2. The van der Waals surface area contributed by atoms with Gasteiger partial charge < -0.3 is 4.90 Å². The minimum Gasteiger partial charge on any atom is -0.327 e. The van der Waals surface area contributed by atoms with Crippen LogP contribution in [0, 0.1) is 25.2 Å². The molecule has 2 rings (SSSR count). The van der Waals surface area contributed by atoms with Gasteiger partial charge in [-0.15, -0.1) is 0 Å². The molecule has 3 heteroatoms. The van der Waals surface area contributed by atoms with Gasteiger partial charge in [-0.05, 0) is 37.1 Å². The Labute approximate surface area is 95.3 Å². The summed E-state index contributed by atoms with van der Waals surface area (Å²) in [5, 5.41) is 9.16. The molecule has 0 aliphatic carbocycles. The Kier molecular flexibility index (Phi) is 2.74. The number of allylic oxidation sites excluding steroid dienone is 1. The number of benzene rings is 1. The maximum absolute atomic E-state index is 9.16. The van der Waals surface area contributed by atoms with Gasteiger partial charge in [0.2, 0.25) is 0 Å². The Morgan fingerprint density at radius 2 is 2.19 bits per heavy atom. The molecular weight excluding hydrogens is 198 g/mol. The molecule has 0 amide bonds. The summed E-state index contributed by atoms with van der Waals surface area (Å²) in [5.74, 6) is 0. The minimum atomic E-state index is 0.578. The number of anilines is 1. The lowest BCUT2D eigenvalue weighted by Crippen LogP contribution is -2.20. The molecule has 0 saturated heterocycles. The topological polar surface area (TPSA) is 39.4 Å². The van der Waals surface area contributed by atoms with E-state index in [0.717, 1.165) is 16.8 Å². The molecule has 0 saturated carbocycles. The maximum atomic E-state index is 9.16. The number of rotatable bonds is 1. The molecule has 1 aromatic rings. The summed E-state index contributed by atoms with van der Waals surface area (Å²) in [6, 6.07) is 6.24. The SMILES string of the molecule is Cc1cc(C)c(N2C=CC=NC2)c(C#N)c1. The van der Waals surface area contributed by atoms with Gasteiger partial charge in [0.05, 0.1) is 11.3 Å². The zero-order valence-electron chi connectivity index (χ0n) is 9.44. The third kappa shape index (κ3) is 1.82. The quantitative estimate of drug-likeness (QED) is 0.716.